The van der Waals surface area contributed by atoms with Crippen molar-refractivity contribution in [3.63, 3.8) is 0 Å². The number of aryl methyl sites for hydroxylation is 2. The number of nitrogens with zero attached hydrogens (tertiary/aromatic N) is 1. The molecule has 0 aliphatic heterocycles. The van der Waals surface area contributed by atoms with Gasteiger partial charge in [0.15, 0.2) is 0 Å². The zero-order chi connectivity index (χ0) is 13.6. The van der Waals surface area contributed by atoms with E-state index in [9.17, 15) is 0 Å². The Morgan fingerprint density at radius 3 is 2.32 bits per heavy atom. The second-order valence-electron chi connectivity index (χ2n) is 6.80. The molecule has 2 aliphatic carbocycles. The van der Waals surface area contributed by atoms with Crippen LogP contribution in [0, 0.1) is 31.6 Å². The van der Waals surface area contributed by atoms with Crippen LogP contribution in [-0.2, 0) is 0 Å². The summed E-state index contributed by atoms with van der Waals surface area (Å²) >= 11 is 0. The highest BCUT2D eigenvalue weighted by molar-refractivity contribution is 5.50. The molecule has 0 heterocycles. The Labute approximate surface area is 117 Å². The van der Waals surface area contributed by atoms with Gasteiger partial charge in [-0.25, -0.2) is 0 Å². The van der Waals surface area contributed by atoms with Crippen molar-refractivity contribution in [2.45, 2.75) is 39.2 Å². The summed E-state index contributed by atoms with van der Waals surface area (Å²) in [4.78, 5) is 2.41. The van der Waals surface area contributed by atoms with Gasteiger partial charge in [0.1, 0.15) is 0 Å². The van der Waals surface area contributed by atoms with Crippen molar-refractivity contribution in [1.82, 2.24) is 0 Å². The van der Waals surface area contributed by atoms with Crippen LogP contribution in [0.1, 0.15) is 30.4 Å². The summed E-state index contributed by atoms with van der Waals surface area (Å²) in [6.45, 7) is 5.46. The van der Waals surface area contributed by atoms with E-state index in [-0.39, 0.29) is 0 Å². The molecular formula is C17H26N2. The first-order valence-corrected chi connectivity index (χ1v) is 7.59. The van der Waals surface area contributed by atoms with Gasteiger partial charge < -0.3 is 10.6 Å². The largest absolute Gasteiger partial charge is 0.374 e. The maximum atomic E-state index is 6.42. The molecule has 2 fully saturated rings. The highest BCUT2D eigenvalue weighted by Gasteiger charge is 2.45. The molecule has 0 saturated heterocycles. The Kier molecular flexibility index (Phi) is 3.30. The smallest absolute Gasteiger partial charge is 0.0369 e. The van der Waals surface area contributed by atoms with Crippen molar-refractivity contribution in [3.05, 3.63) is 29.3 Å². The minimum absolute atomic E-state index is 0.437. The number of hydrogen-bond donors (Lipinski definition) is 1. The van der Waals surface area contributed by atoms with Gasteiger partial charge in [-0.05, 0) is 74.1 Å². The van der Waals surface area contributed by atoms with Crippen LogP contribution in [-0.4, -0.2) is 19.6 Å². The van der Waals surface area contributed by atoms with Gasteiger partial charge in [0.25, 0.3) is 0 Å². The van der Waals surface area contributed by atoms with Gasteiger partial charge in [-0.15, -0.1) is 0 Å². The van der Waals surface area contributed by atoms with Crippen molar-refractivity contribution < 1.29 is 0 Å². The van der Waals surface area contributed by atoms with Crippen molar-refractivity contribution in [1.29, 1.82) is 0 Å². The Morgan fingerprint density at radius 2 is 1.74 bits per heavy atom. The first-order valence-electron chi connectivity index (χ1n) is 7.59. The lowest BCUT2D eigenvalue weighted by atomic mass is 9.84. The molecule has 0 radical (unpaired) electrons. The van der Waals surface area contributed by atoms with Gasteiger partial charge in [-0.2, -0.15) is 0 Å². The molecule has 104 valence electrons. The van der Waals surface area contributed by atoms with E-state index in [1.54, 1.807) is 0 Å². The van der Waals surface area contributed by atoms with E-state index in [0.717, 1.165) is 18.4 Å². The molecule has 1 aromatic rings. The van der Waals surface area contributed by atoms with E-state index in [1.165, 1.54) is 36.1 Å². The van der Waals surface area contributed by atoms with Crippen LogP contribution in [0.15, 0.2) is 18.2 Å². The maximum absolute atomic E-state index is 6.42. The molecule has 4 atom stereocenters. The molecule has 0 spiro atoms. The van der Waals surface area contributed by atoms with Gasteiger partial charge in [0, 0.05) is 25.3 Å². The number of benzene rings is 1. The van der Waals surface area contributed by atoms with Crippen LogP contribution in [0.25, 0.3) is 0 Å². The minimum Gasteiger partial charge on any atom is -0.374 e. The van der Waals surface area contributed by atoms with Gasteiger partial charge in [-0.3, -0.25) is 0 Å². The molecule has 2 bridgehead atoms. The molecule has 0 aromatic heterocycles. The molecule has 2 N–H and O–H groups in total. The van der Waals surface area contributed by atoms with Crippen molar-refractivity contribution in [2.75, 3.05) is 18.5 Å². The van der Waals surface area contributed by atoms with Gasteiger partial charge in [-0.1, -0.05) is 6.07 Å². The maximum Gasteiger partial charge on any atom is 0.0369 e. The van der Waals surface area contributed by atoms with Crippen molar-refractivity contribution in [3.8, 4) is 0 Å². The minimum atomic E-state index is 0.437. The summed E-state index contributed by atoms with van der Waals surface area (Å²) in [5.74, 6) is 2.39. The summed E-state index contributed by atoms with van der Waals surface area (Å²) in [5.41, 5.74) is 10.5. The molecule has 4 unspecified atom stereocenters. The number of rotatable bonds is 3. The summed E-state index contributed by atoms with van der Waals surface area (Å²) in [6.07, 6.45) is 4.16. The lowest BCUT2D eigenvalue weighted by molar-refractivity contribution is 0.293. The third-order valence-corrected chi connectivity index (χ3v) is 5.29. The number of anilines is 1. The van der Waals surface area contributed by atoms with Crippen LogP contribution < -0.4 is 10.6 Å². The topological polar surface area (TPSA) is 29.3 Å². The molecule has 3 rings (SSSR count). The number of hydrogen-bond acceptors (Lipinski definition) is 2. The van der Waals surface area contributed by atoms with Gasteiger partial charge in [0.2, 0.25) is 0 Å². The monoisotopic (exact) mass is 258 g/mol. The van der Waals surface area contributed by atoms with E-state index >= 15 is 0 Å². The molecule has 2 saturated carbocycles. The Balaban J connectivity index is 1.72. The summed E-state index contributed by atoms with van der Waals surface area (Å²) in [6, 6.07) is 7.24. The first kappa shape index (κ1) is 13.0. The van der Waals surface area contributed by atoms with E-state index in [0.29, 0.717) is 12.0 Å². The lowest BCUT2D eigenvalue weighted by Gasteiger charge is -2.33. The lowest BCUT2D eigenvalue weighted by Crippen LogP contribution is -2.41. The third kappa shape index (κ3) is 2.38. The molecule has 2 aliphatic rings. The van der Waals surface area contributed by atoms with Gasteiger partial charge >= 0.3 is 0 Å². The van der Waals surface area contributed by atoms with E-state index in [1.807, 2.05) is 0 Å². The number of nitrogens with two attached hydrogens (primary N) is 1. The van der Waals surface area contributed by atoms with Crippen LogP contribution in [0.4, 0.5) is 5.69 Å². The quantitative estimate of drug-likeness (QED) is 0.902. The summed E-state index contributed by atoms with van der Waals surface area (Å²) < 4.78 is 0. The average Bonchev–Trinajstić information content (AvgIpc) is 2.91. The normalized spacial score (nSPS) is 32.8. The Bertz CT molecular complexity index is 446. The molecule has 1 aromatic carbocycles. The zero-order valence-electron chi connectivity index (χ0n) is 12.4. The fourth-order valence-corrected chi connectivity index (χ4v) is 4.32. The molecule has 2 nitrogen and oxygen atoms in total. The Morgan fingerprint density at radius 1 is 1.11 bits per heavy atom. The highest BCUT2D eigenvalue weighted by atomic mass is 15.1. The highest BCUT2D eigenvalue weighted by Crippen LogP contribution is 2.47. The molecule has 2 heteroatoms. The second kappa shape index (κ2) is 4.82. The zero-order valence-corrected chi connectivity index (χ0v) is 12.4. The fraction of sp³-hybridized carbons (Fsp3) is 0.647. The predicted octanol–water partition coefficient (Wildman–Crippen LogP) is 3.11. The third-order valence-electron chi connectivity index (χ3n) is 5.29. The van der Waals surface area contributed by atoms with Crippen LogP contribution >= 0.6 is 0 Å². The first-order chi connectivity index (χ1) is 9.04. The SMILES string of the molecule is Cc1cc(C)cc(N(C)CC2C3CCC(C3)C2N)c1. The summed E-state index contributed by atoms with van der Waals surface area (Å²) in [7, 11) is 2.22. The van der Waals surface area contributed by atoms with Crippen molar-refractivity contribution >= 4 is 5.69 Å². The van der Waals surface area contributed by atoms with Crippen LogP contribution in [0.3, 0.4) is 0 Å². The Hall–Kier alpha value is -1.02. The fourth-order valence-electron chi connectivity index (χ4n) is 4.32. The summed E-state index contributed by atoms with van der Waals surface area (Å²) in [5, 5.41) is 0. The average molecular weight is 258 g/mol. The van der Waals surface area contributed by atoms with E-state index in [4.69, 9.17) is 5.73 Å². The standard InChI is InChI=1S/C17H26N2/c1-11-6-12(2)8-15(7-11)19(3)10-16-13-4-5-14(9-13)17(16)18/h6-8,13-14,16-17H,4-5,9-10,18H2,1-3H3. The number of fused-ring (bicyclic) bond motifs is 2. The predicted molar refractivity (Wildman–Crippen MR) is 81.5 cm³/mol. The van der Waals surface area contributed by atoms with Crippen LogP contribution in [0.2, 0.25) is 0 Å². The second-order valence-corrected chi connectivity index (χ2v) is 6.80. The molecule has 19 heavy (non-hydrogen) atoms. The van der Waals surface area contributed by atoms with Gasteiger partial charge in [0.05, 0.1) is 0 Å². The van der Waals surface area contributed by atoms with Crippen molar-refractivity contribution in [2.24, 2.45) is 23.5 Å². The molecule has 0 amide bonds. The van der Waals surface area contributed by atoms with E-state index in [2.05, 4.69) is 44.0 Å². The van der Waals surface area contributed by atoms with E-state index < -0.39 is 0 Å². The van der Waals surface area contributed by atoms with Crippen LogP contribution in [0.5, 0.6) is 0 Å². The molecular weight excluding hydrogens is 232 g/mol.